The van der Waals surface area contributed by atoms with E-state index in [2.05, 4.69) is 10.9 Å². The van der Waals surface area contributed by atoms with Gasteiger partial charge in [-0.25, -0.2) is 10.4 Å². The number of hydrogen-bond donors (Lipinski definition) is 2. The summed E-state index contributed by atoms with van der Waals surface area (Å²) >= 11 is 7.78. The van der Waals surface area contributed by atoms with Gasteiger partial charge in [-0.3, -0.25) is 15.1 Å². The molecule has 27 heavy (non-hydrogen) atoms. The van der Waals surface area contributed by atoms with Crippen LogP contribution in [0.25, 0.3) is 0 Å². The number of halogens is 1. The number of amides is 1. The molecule has 2 aromatic carbocycles. The maximum Gasteiger partial charge on any atom is 0.241 e. The smallest absolute Gasteiger partial charge is 0.241 e. The van der Waals surface area contributed by atoms with Gasteiger partial charge in [0.05, 0.1) is 18.7 Å². The topological polar surface area (TPSA) is 66.0 Å². The number of fused-ring (bicyclic) bond motifs is 1. The Bertz CT molecular complexity index is 874. The van der Waals surface area contributed by atoms with E-state index in [0.717, 1.165) is 17.0 Å². The number of rotatable bonds is 4. The third kappa shape index (κ3) is 3.68. The summed E-state index contributed by atoms with van der Waals surface area (Å²) in [5.41, 5.74) is 7.89. The molecule has 2 atom stereocenters. The van der Waals surface area contributed by atoms with Gasteiger partial charge < -0.3 is 4.74 Å². The highest BCUT2D eigenvalue weighted by atomic mass is 35.5. The fourth-order valence-electron chi connectivity index (χ4n) is 3.10. The summed E-state index contributed by atoms with van der Waals surface area (Å²) < 4.78 is 5.22. The van der Waals surface area contributed by atoms with E-state index < -0.39 is 0 Å². The zero-order chi connectivity index (χ0) is 18.8. The molecule has 0 radical (unpaired) electrons. The van der Waals surface area contributed by atoms with Crippen molar-refractivity contribution in [3.8, 4) is 5.75 Å². The van der Waals surface area contributed by atoms with Crippen molar-refractivity contribution in [2.24, 2.45) is 10.9 Å². The van der Waals surface area contributed by atoms with Crippen molar-refractivity contribution in [3.63, 3.8) is 0 Å². The number of nitrogens with one attached hydrogen (secondary N) is 2. The normalized spacial score (nSPS) is 21.8. The first-order valence-electron chi connectivity index (χ1n) is 8.58. The van der Waals surface area contributed by atoms with Crippen LogP contribution < -0.4 is 20.5 Å². The fraction of sp³-hybridized carbons (Fsp3) is 0.263. The molecule has 8 heteroatoms. The minimum absolute atomic E-state index is 0.0272. The first-order valence-corrected chi connectivity index (χ1v) is 9.94. The zero-order valence-electron chi connectivity index (χ0n) is 14.7. The summed E-state index contributed by atoms with van der Waals surface area (Å²) in [6.07, 6.45) is -0.249. The van der Waals surface area contributed by atoms with Gasteiger partial charge >= 0.3 is 0 Å². The molecule has 1 saturated heterocycles. The van der Waals surface area contributed by atoms with Crippen molar-refractivity contribution in [3.05, 3.63) is 59.1 Å². The lowest BCUT2D eigenvalue weighted by Gasteiger charge is -2.32. The summed E-state index contributed by atoms with van der Waals surface area (Å²) in [7, 11) is 1.62. The SMILES string of the molecule is COc1ccc(N2C(=O)C3CNNC3N=C2SCc2ccccc2Cl)cc1. The van der Waals surface area contributed by atoms with Gasteiger partial charge in [-0.05, 0) is 35.9 Å². The highest BCUT2D eigenvalue weighted by Gasteiger charge is 2.42. The van der Waals surface area contributed by atoms with Crippen LogP contribution in [0.2, 0.25) is 5.02 Å². The van der Waals surface area contributed by atoms with Gasteiger partial charge in [0.25, 0.3) is 0 Å². The molecule has 0 aromatic heterocycles. The van der Waals surface area contributed by atoms with Crippen molar-refractivity contribution < 1.29 is 9.53 Å². The minimum Gasteiger partial charge on any atom is -0.497 e. The monoisotopic (exact) mass is 402 g/mol. The molecule has 1 fully saturated rings. The van der Waals surface area contributed by atoms with E-state index in [9.17, 15) is 4.79 Å². The second kappa shape index (κ2) is 7.90. The van der Waals surface area contributed by atoms with Crippen LogP contribution in [0, 0.1) is 5.92 Å². The molecule has 0 spiro atoms. The molecule has 2 aliphatic heterocycles. The quantitative estimate of drug-likeness (QED) is 0.822. The van der Waals surface area contributed by atoms with Gasteiger partial charge in [-0.15, -0.1) is 0 Å². The van der Waals surface area contributed by atoms with Crippen LogP contribution in [-0.2, 0) is 10.5 Å². The molecule has 2 N–H and O–H groups in total. The Labute approximate surface area is 166 Å². The van der Waals surface area contributed by atoms with Crippen LogP contribution in [0.3, 0.4) is 0 Å². The summed E-state index contributed by atoms with van der Waals surface area (Å²) in [5, 5.41) is 1.37. The molecular weight excluding hydrogens is 384 g/mol. The average molecular weight is 403 g/mol. The molecular formula is C19H19ClN4O2S. The van der Waals surface area contributed by atoms with Crippen molar-refractivity contribution in [1.82, 2.24) is 10.9 Å². The maximum absolute atomic E-state index is 13.1. The van der Waals surface area contributed by atoms with Crippen molar-refractivity contribution in [2.45, 2.75) is 11.9 Å². The Balaban J connectivity index is 1.64. The van der Waals surface area contributed by atoms with Gasteiger partial charge in [0.15, 0.2) is 5.17 Å². The molecule has 0 saturated carbocycles. The minimum atomic E-state index is -0.249. The van der Waals surface area contributed by atoms with Gasteiger partial charge in [-0.1, -0.05) is 41.6 Å². The van der Waals surface area contributed by atoms with Crippen molar-refractivity contribution >= 4 is 40.1 Å². The van der Waals surface area contributed by atoms with Gasteiger partial charge in [0.1, 0.15) is 11.9 Å². The molecule has 2 unspecified atom stereocenters. The first-order chi connectivity index (χ1) is 13.2. The molecule has 2 heterocycles. The van der Waals surface area contributed by atoms with E-state index >= 15 is 0 Å². The molecule has 6 nitrogen and oxygen atoms in total. The highest BCUT2D eigenvalue weighted by molar-refractivity contribution is 8.13. The maximum atomic E-state index is 13.1. The van der Waals surface area contributed by atoms with Gasteiger partial charge in [0.2, 0.25) is 5.91 Å². The third-order valence-corrected chi connectivity index (χ3v) is 5.95. The lowest BCUT2D eigenvalue weighted by Crippen LogP contribution is -2.49. The largest absolute Gasteiger partial charge is 0.497 e. The highest BCUT2D eigenvalue weighted by Crippen LogP contribution is 2.32. The van der Waals surface area contributed by atoms with Crippen LogP contribution in [-0.4, -0.2) is 30.9 Å². The number of amidine groups is 1. The zero-order valence-corrected chi connectivity index (χ0v) is 16.3. The summed E-state index contributed by atoms with van der Waals surface area (Å²) in [4.78, 5) is 19.6. The van der Waals surface area contributed by atoms with E-state index in [-0.39, 0.29) is 18.0 Å². The number of benzene rings is 2. The van der Waals surface area contributed by atoms with E-state index in [4.69, 9.17) is 21.3 Å². The standard InChI is InChI=1S/C19H19ClN4O2S/c1-26-14-8-6-13(7-9-14)24-18(25)15-10-21-23-17(15)22-19(24)27-11-12-4-2-3-5-16(12)20/h2-9,15,17,21,23H,10-11H2,1H3. The Morgan fingerprint density at radius 2 is 2.04 bits per heavy atom. The Morgan fingerprint density at radius 3 is 2.78 bits per heavy atom. The fourth-order valence-corrected chi connectivity index (χ4v) is 4.43. The number of methoxy groups -OCH3 is 1. The van der Waals surface area contributed by atoms with Gasteiger partial charge in [0, 0.05) is 17.3 Å². The number of hydrazine groups is 1. The van der Waals surface area contributed by atoms with Gasteiger partial charge in [-0.2, -0.15) is 0 Å². The van der Waals surface area contributed by atoms with Crippen LogP contribution in [0.15, 0.2) is 53.5 Å². The lowest BCUT2D eigenvalue weighted by molar-refractivity contribution is -0.121. The van der Waals surface area contributed by atoms with Crippen LogP contribution >= 0.6 is 23.4 Å². The predicted octanol–water partition coefficient (Wildman–Crippen LogP) is 3.03. The molecule has 2 aliphatic rings. The van der Waals surface area contributed by atoms with E-state index in [0.29, 0.717) is 22.5 Å². The lowest BCUT2D eigenvalue weighted by atomic mass is 10.0. The number of carbonyl (C=O) groups excluding carboxylic acids is 1. The molecule has 0 bridgehead atoms. The summed E-state index contributed by atoms with van der Waals surface area (Å²) in [5.74, 6) is 1.17. The second-order valence-corrected chi connectivity index (χ2v) is 7.59. The first kappa shape index (κ1) is 18.3. The number of anilines is 1. The predicted molar refractivity (Wildman–Crippen MR) is 109 cm³/mol. The number of ether oxygens (including phenoxy) is 1. The number of hydrogen-bond acceptors (Lipinski definition) is 6. The van der Waals surface area contributed by atoms with Crippen molar-refractivity contribution in [1.29, 1.82) is 0 Å². The van der Waals surface area contributed by atoms with Crippen LogP contribution in [0.4, 0.5) is 5.69 Å². The van der Waals surface area contributed by atoms with E-state index in [1.807, 2.05) is 48.5 Å². The molecule has 2 aromatic rings. The Kier molecular flexibility index (Phi) is 5.36. The van der Waals surface area contributed by atoms with Crippen LogP contribution in [0.5, 0.6) is 5.75 Å². The number of thioether (sulfide) groups is 1. The number of nitrogens with zero attached hydrogens (tertiary/aromatic N) is 2. The van der Waals surface area contributed by atoms with Crippen molar-refractivity contribution in [2.75, 3.05) is 18.6 Å². The molecule has 4 rings (SSSR count). The third-order valence-electron chi connectivity index (χ3n) is 4.58. The second-order valence-electron chi connectivity index (χ2n) is 6.24. The Morgan fingerprint density at radius 1 is 1.26 bits per heavy atom. The summed E-state index contributed by atoms with van der Waals surface area (Å²) in [6.45, 7) is 0.558. The molecule has 140 valence electrons. The molecule has 1 amide bonds. The summed E-state index contributed by atoms with van der Waals surface area (Å²) in [6, 6.07) is 15.1. The van der Waals surface area contributed by atoms with E-state index in [1.54, 1.807) is 12.0 Å². The number of carbonyl (C=O) groups is 1. The molecule has 0 aliphatic carbocycles. The van der Waals surface area contributed by atoms with Crippen LogP contribution in [0.1, 0.15) is 5.56 Å². The number of aliphatic imine (C=N–C) groups is 1. The van der Waals surface area contributed by atoms with E-state index in [1.165, 1.54) is 11.8 Å². The Hall–Kier alpha value is -2.06. The average Bonchev–Trinajstić information content (AvgIpc) is 3.17.